The molecule has 0 heterocycles. The zero-order valence-electron chi connectivity index (χ0n) is 12.8. The van der Waals surface area contributed by atoms with Crippen molar-refractivity contribution in [3.63, 3.8) is 0 Å². The van der Waals surface area contributed by atoms with Gasteiger partial charge < -0.3 is 10.1 Å². The van der Waals surface area contributed by atoms with E-state index in [4.69, 9.17) is 0 Å². The van der Waals surface area contributed by atoms with Crippen molar-refractivity contribution in [1.82, 2.24) is 0 Å². The third-order valence-electron chi connectivity index (χ3n) is 2.78. The van der Waals surface area contributed by atoms with E-state index in [1.165, 1.54) is 19.1 Å². The smallest absolute Gasteiger partial charge is 0.382 e. The molecule has 0 radical (unpaired) electrons. The highest BCUT2D eigenvalue weighted by atomic mass is 79.9. The summed E-state index contributed by atoms with van der Waals surface area (Å²) in [5, 5.41) is 2.63. The number of halogens is 3. The number of alkyl halides is 2. The molecule has 7 heteroatoms. The van der Waals surface area contributed by atoms with Crippen LogP contribution in [0.15, 0.2) is 22.7 Å². The van der Waals surface area contributed by atoms with E-state index in [0.29, 0.717) is 5.69 Å². The minimum absolute atomic E-state index is 0.0114. The minimum atomic E-state index is -3.76. The number of rotatable bonds is 4. The van der Waals surface area contributed by atoms with Crippen molar-refractivity contribution in [2.75, 3.05) is 11.9 Å². The fraction of sp³-hybridized carbons (Fsp3) is 0.467. The quantitative estimate of drug-likeness (QED) is 0.803. The van der Waals surface area contributed by atoms with Crippen molar-refractivity contribution in [2.24, 2.45) is 5.41 Å². The third-order valence-corrected chi connectivity index (χ3v) is 3.43. The number of carbonyl (C=O) groups excluding carboxylic acids is 2. The minimum Gasteiger partial charge on any atom is -0.461 e. The molecule has 22 heavy (non-hydrogen) atoms. The van der Waals surface area contributed by atoms with E-state index < -0.39 is 22.9 Å². The highest BCUT2D eigenvalue weighted by molar-refractivity contribution is 9.10. The molecule has 0 unspecified atom stereocenters. The van der Waals surface area contributed by atoms with Crippen LogP contribution < -0.4 is 5.32 Å². The van der Waals surface area contributed by atoms with Gasteiger partial charge in [-0.1, -0.05) is 36.7 Å². The lowest BCUT2D eigenvalue weighted by atomic mass is 9.95. The van der Waals surface area contributed by atoms with Crippen LogP contribution in [0, 0.1) is 5.41 Å². The molecule has 0 aliphatic rings. The summed E-state index contributed by atoms with van der Waals surface area (Å²) < 4.78 is 32.4. The van der Waals surface area contributed by atoms with E-state index >= 15 is 0 Å². The molecule has 0 bridgehead atoms. The van der Waals surface area contributed by atoms with Crippen LogP contribution in [-0.4, -0.2) is 18.5 Å². The van der Waals surface area contributed by atoms with Crippen molar-refractivity contribution < 1.29 is 23.1 Å². The Bertz CT molecular complexity index is 583. The maximum Gasteiger partial charge on any atom is 0.382 e. The zero-order valence-corrected chi connectivity index (χ0v) is 14.4. The Kier molecular flexibility index (Phi) is 5.67. The zero-order chi connectivity index (χ0) is 17.1. The van der Waals surface area contributed by atoms with E-state index in [9.17, 15) is 18.4 Å². The largest absolute Gasteiger partial charge is 0.461 e. The fourth-order valence-corrected chi connectivity index (χ4v) is 2.13. The third kappa shape index (κ3) is 4.25. The van der Waals surface area contributed by atoms with Gasteiger partial charge in [0, 0.05) is 21.1 Å². The van der Waals surface area contributed by atoms with Gasteiger partial charge in [0.2, 0.25) is 5.91 Å². The molecule has 0 saturated carbocycles. The number of nitrogens with one attached hydrogen (secondary N) is 1. The van der Waals surface area contributed by atoms with Crippen molar-refractivity contribution in [1.29, 1.82) is 0 Å². The van der Waals surface area contributed by atoms with Gasteiger partial charge in [-0.2, -0.15) is 8.78 Å². The summed E-state index contributed by atoms with van der Waals surface area (Å²) in [6.07, 6.45) is 0. The van der Waals surface area contributed by atoms with Gasteiger partial charge in [-0.15, -0.1) is 0 Å². The van der Waals surface area contributed by atoms with Crippen LogP contribution in [0.2, 0.25) is 0 Å². The van der Waals surface area contributed by atoms with Gasteiger partial charge >= 0.3 is 11.9 Å². The van der Waals surface area contributed by atoms with E-state index in [2.05, 4.69) is 26.0 Å². The molecule has 1 aromatic rings. The Hall–Kier alpha value is -1.50. The number of esters is 1. The first-order valence-electron chi connectivity index (χ1n) is 6.66. The Morgan fingerprint density at radius 2 is 1.86 bits per heavy atom. The van der Waals surface area contributed by atoms with E-state index in [1.807, 2.05) is 0 Å². The lowest BCUT2D eigenvalue weighted by molar-refractivity contribution is -0.173. The molecule has 0 atom stereocenters. The molecule has 0 spiro atoms. The summed E-state index contributed by atoms with van der Waals surface area (Å²) in [5.74, 6) is -5.62. The summed E-state index contributed by atoms with van der Waals surface area (Å²) in [4.78, 5) is 23.2. The second-order valence-corrected chi connectivity index (χ2v) is 6.55. The molecule has 1 aromatic carbocycles. The van der Waals surface area contributed by atoms with Gasteiger partial charge in [-0.05, 0) is 25.1 Å². The highest BCUT2D eigenvalue weighted by Gasteiger charge is 2.44. The first-order valence-corrected chi connectivity index (χ1v) is 7.46. The van der Waals surface area contributed by atoms with Gasteiger partial charge in [-0.25, -0.2) is 4.79 Å². The molecular formula is C15H18BrF2NO3. The maximum atomic E-state index is 14.0. The Morgan fingerprint density at radius 1 is 1.27 bits per heavy atom. The van der Waals surface area contributed by atoms with Crippen LogP contribution in [0.25, 0.3) is 0 Å². The summed E-state index contributed by atoms with van der Waals surface area (Å²) in [6, 6.07) is 3.72. The Balaban J connectivity index is 3.04. The van der Waals surface area contributed by atoms with Gasteiger partial charge in [0.15, 0.2) is 0 Å². The van der Waals surface area contributed by atoms with Crippen molar-refractivity contribution >= 4 is 33.5 Å². The molecular weight excluding hydrogens is 360 g/mol. The molecule has 1 N–H and O–H groups in total. The van der Waals surface area contributed by atoms with Crippen LogP contribution in [-0.2, 0) is 20.2 Å². The van der Waals surface area contributed by atoms with Gasteiger partial charge in [0.1, 0.15) is 0 Å². The molecule has 1 rings (SSSR count). The summed E-state index contributed by atoms with van der Waals surface area (Å²) in [6.45, 7) is 6.53. The van der Waals surface area contributed by atoms with Crippen molar-refractivity contribution in [3.05, 3.63) is 28.2 Å². The van der Waals surface area contributed by atoms with Gasteiger partial charge in [-0.3, -0.25) is 4.79 Å². The SMILES string of the molecule is CCOC(=O)C(F)(F)c1ccc(NC(=O)C(C)(C)C)cc1Br. The molecule has 0 saturated heterocycles. The molecule has 122 valence electrons. The molecule has 0 aromatic heterocycles. The van der Waals surface area contributed by atoms with Crippen molar-refractivity contribution in [3.8, 4) is 0 Å². The molecule has 0 fully saturated rings. The monoisotopic (exact) mass is 377 g/mol. The normalized spacial score (nSPS) is 12.0. The number of hydrogen-bond acceptors (Lipinski definition) is 3. The van der Waals surface area contributed by atoms with Crippen LogP contribution in [0.3, 0.4) is 0 Å². The second kappa shape index (κ2) is 6.73. The molecule has 4 nitrogen and oxygen atoms in total. The van der Waals surface area contributed by atoms with Crippen molar-refractivity contribution in [2.45, 2.75) is 33.6 Å². The number of amides is 1. The van der Waals surface area contributed by atoms with Crippen LogP contribution in [0.1, 0.15) is 33.3 Å². The summed E-state index contributed by atoms with van der Waals surface area (Å²) >= 11 is 3.00. The van der Waals surface area contributed by atoms with E-state index in [0.717, 1.165) is 6.07 Å². The summed E-state index contributed by atoms with van der Waals surface area (Å²) in [5.41, 5.74) is -0.769. The topological polar surface area (TPSA) is 55.4 Å². The average molecular weight is 378 g/mol. The highest BCUT2D eigenvalue weighted by Crippen LogP contribution is 2.36. The first-order chi connectivity index (χ1) is 10.00. The van der Waals surface area contributed by atoms with Gasteiger partial charge in [0.05, 0.1) is 6.61 Å². The molecule has 0 aliphatic heterocycles. The maximum absolute atomic E-state index is 14.0. The average Bonchev–Trinajstić information content (AvgIpc) is 2.37. The lowest BCUT2D eigenvalue weighted by Gasteiger charge is -2.19. The van der Waals surface area contributed by atoms with Crippen LogP contribution in [0.5, 0.6) is 0 Å². The van der Waals surface area contributed by atoms with E-state index in [-0.39, 0.29) is 17.0 Å². The number of anilines is 1. The molecule has 0 aliphatic carbocycles. The molecule has 1 amide bonds. The Labute approximate surface area is 136 Å². The predicted molar refractivity (Wildman–Crippen MR) is 82.8 cm³/mol. The lowest BCUT2D eigenvalue weighted by Crippen LogP contribution is -2.29. The number of ether oxygens (including phenoxy) is 1. The van der Waals surface area contributed by atoms with Crippen LogP contribution in [0.4, 0.5) is 14.5 Å². The Morgan fingerprint density at radius 3 is 2.32 bits per heavy atom. The fourth-order valence-electron chi connectivity index (χ4n) is 1.50. The number of hydrogen-bond donors (Lipinski definition) is 1. The van der Waals surface area contributed by atoms with Gasteiger partial charge in [0.25, 0.3) is 0 Å². The number of carbonyl (C=O) groups is 2. The standard InChI is InChI=1S/C15H18BrF2NO3/c1-5-22-13(21)15(17,18)10-7-6-9(8-11(10)16)19-12(20)14(2,3)4/h6-8H,5H2,1-4H3,(H,19,20). The number of benzene rings is 1. The van der Waals surface area contributed by atoms with E-state index in [1.54, 1.807) is 20.8 Å². The first kappa shape index (κ1) is 18.5. The summed E-state index contributed by atoms with van der Waals surface area (Å²) in [7, 11) is 0. The van der Waals surface area contributed by atoms with Crippen LogP contribution >= 0.6 is 15.9 Å². The predicted octanol–water partition coefficient (Wildman–Crippen LogP) is 4.09. The second-order valence-electron chi connectivity index (χ2n) is 5.69.